The first kappa shape index (κ1) is 32.0. The number of fused-ring (bicyclic) bond motifs is 1. The van der Waals surface area contributed by atoms with Crippen molar-refractivity contribution < 1.29 is 42.6 Å². The van der Waals surface area contributed by atoms with Crippen LogP contribution >= 0.6 is 0 Å². The zero-order valence-corrected chi connectivity index (χ0v) is 22.3. The molecule has 2 heterocycles. The molecule has 1 fully saturated rings. The summed E-state index contributed by atoms with van der Waals surface area (Å²) in [6.45, 7) is 0.930. The van der Waals surface area contributed by atoms with Crippen LogP contribution in [0.1, 0.15) is 24.0 Å². The Hall–Kier alpha value is -4.56. The molecule has 224 valence electrons. The fraction of sp³-hybridized carbons (Fsp3) is 0.321. The van der Waals surface area contributed by atoms with E-state index in [1.807, 2.05) is 54.6 Å². The number of carboxylic acids is 2. The van der Waals surface area contributed by atoms with Crippen molar-refractivity contribution in [2.75, 3.05) is 18.8 Å². The number of carboxylic acid groups (broad SMARTS) is 2. The maximum absolute atomic E-state index is 13.1. The first-order chi connectivity index (χ1) is 19.8. The molecule has 0 unspecified atom stereocenters. The van der Waals surface area contributed by atoms with E-state index < -0.39 is 36.1 Å². The molecule has 0 bridgehead atoms. The number of aliphatic carboxylic acids is 2. The number of carbonyl (C=O) groups excluding carboxylic acids is 2. The Kier molecular flexibility index (Phi) is 10.9. The first-order valence-electron chi connectivity index (χ1n) is 12.9. The number of benzene rings is 2. The number of nitrogens with two attached hydrogens (primary N) is 1. The van der Waals surface area contributed by atoms with Crippen molar-refractivity contribution in [1.82, 2.24) is 20.5 Å². The van der Waals surface area contributed by atoms with Gasteiger partial charge in [0.1, 0.15) is 5.82 Å². The molecule has 1 aromatic heterocycles. The van der Waals surface area contributed by atoms with Crippen molar-refractivity contribution >= 4 is 40.3 Å². The van der Waals surface area contributed by atoms with Crippen LogP contribution in [-0.2, 0) is 32.1 Å². The molecule has 2 atom stereocenters. The summed E-state index contributed by atoms with van der Waals surface area (Å²) < 4.78 is 31.7. The average Bonchev–Trinajstić information content (AvgIpc) is 3.39. The van der Waals surface area contributed by atoms with Gasteiger partial charge in [-0.25, -0.2) is 9.78 Å². The number of nitrogens with zero attached hydrogens (tertiary/aromatic N) is 2. The Labute approximate surface area is 238 Å². The molecule has 14 heteroatoms. The van der Waals surface area contributed by atoms with E-state index in [1.165, 1.54) is 0 Å². The van der Waals surface area contributed by atoms with E-state index in [1.54, 1.807) is 6.20 Å². The Balaban J connectivity index is 0.000000616. The van der Waals surface area contributed by atoms with Crippen molar-refractivity contribution in [1.29, 1.82) is 0 Å². The molecule has 0 radical (unpaired) electrons. The standard InChI is InChI=1S/C26H29N5O4.C2HF3O2/c27-24-20-9-8-18(13-19(20)10-11-28-24)16-31-12-4-7-22(31)26(35)30-25(34)21(29-15-23(32)33)14-17-5-2-1-3-6-17;3-2(4,5)1(6)7/h1-3,5-6,8-11,13,21-22,29H,4,7,12,14-16H2,(H2,27,28)(H,32,33)(H,30,34,35);(H,6,7)/t21-,22+;/m1./s1. The number of rotatable bonds is 9. The summed E-state index contributed by atoms with van der Waals surface area (Å²) in [5.41, 5.74) is 7.85. The smallest absolute Gasteiger partial charge is 0.480 e. The number of nitrogen functional groups attached to an aromatic ring is 1. The Morgan fingerprint density at radius 2 is 1.74 bits per heavy atom. The van der Waals surface area contributed by atoms with Crippen LogP contribution < -0.4 is 16.4 Å². The van der Waals surface area contributed by atoms with Crippen LogP contribution in [0.25, 0.3) is 10.8 Å². The van der Waals surface area contributed by atoms with Gasteiger partial charge in [0.2, 0.25) is 11.8 Å². The molecule has 1 aliphatic rings. The van der Waals surface area contributed by atoms with Gasteiger partial charge in [-0.05, 0) is 54.5 Å². The molecule has 0 saturated carbocycles. The topological polar surface area (TPSA) is 175 Å². The fourth-order valence-electron chi connectivity index (χ4n) is 4.51. The highest BCUT2D eigenvalue weighted by atomic mass is 19.4. The zero-order valence-electron chi connectivity index (χ0n) is 22.3. The van der Waals surface area contributed by atoms with Crippen molar-refractivity contribution in [2.24, 2.45) is 0 Å². The van der Waals surface area contributed by atoms with Gasteiger partial charge in [0, 0.05) is 18.1 Å². The number of aromatic nitrogens is 1. The van der Waals surface area contributed by atoms with Crippen LogP contribution in [0.3, 0.4) is 0 Å². The lowest BCUT2D eigenvalue weighted by molar-refractivity contribution is -0.192. The Morgan fingerprint density at radius 1 is 1.05 bits per heavy atom. The van der Waals surface area contributed by atoms with Gasteiger partial charge in [-0.1, -0.05) is 42.5 Å². The van der Waals surface area contributed by atoms with Crippen LogP contribution in [0.4, 0.5) is 19.0 Å². The van der Waals surface area contributed by atoms with Crippen LogP contribution in [-0.4, -0.2) is 75.2 Å². The molecular weight excluding hydrogens is 559 g/mol. The average molecular weight is 590 g/mol. The summed E-state index contributed by atoms with van der Waals surface area (Å²) in [5.74, 6) is -4.24. The van der Waals surface area contributed by atoms with Gasteiger partial charge in [-0.15, -0.1) is 0 Å². The van der Waals surface area contributed by atoms with E-state index in [-0.39, 0.29) is 18.9 Å². The zero-order chi connectivity index (χ0) is 30.9. The van der Waals surface area contributed by atoms with Crippen molar-refractivity contribution in [2.45, 2.75) is 44.1 Å². The second-order valence-corrected chi connectivity index (χ2v) is 9.55. The number of hydrogen-bond acceptors (Lipinski definition) is 8. The highest BCUT2D eigenvalue weighted by molar-refractivity contribution is 6.00. The predicted octanol–water partition coefficient (Wildman–Crippen LogP) is 2.34. The minimum Gasteiger partial charge on any atom is -0.480 e. The van der Waals surface area contributed by atoms with E-state index in [0.29, 0.717) is 18.8 Å². The van der Waals surface area contributed by atoms with Gasteiger partial charge >= 0.3 is 18.1 Å². The molecular formula is C28H30F3N5O6. The second-order valence-electron chi connectivity index (χ2n) is 9.55. The molecule has 1 saturated heterocycles. The largest absolute Gasteiger partial charge is 0.490 e. The van der Waals surface area contributed by atoms with Crippen LogP contribution in [0.2, 0.25) is 0 Å². The lowest BCUT2D eigenvalue weighted by Crippen LogP contribution is -2.52. The van der Waals surface area contributed by atoms with E-state index in [2.05, 4.69) is 20.5 Å². The fourth-order valence-corrected chi connectivity index (χ4v) is 4.51. The molecule has 2 aromatic carbocycles. The van der Waals surface area contributed by atoms with E-state index >= 15 is 0 Å². The molecule has 6 N–H and O–H groups in total. The van der Waals surface area contributed by atoms with Gasteiger partial charge in [0.05, 0.1) is 18.6 Å². The maximum Gasteiger partial charge on any atom is 0.490 e. The van der Waals surface area contributed by atoms with Crippen LogP contribution in [0, 0.1) is 0 Å². The molecule has 4 rings (SSSR count). The lowest BCUT2D eigenvalue weighted by atomic mass is 10.0. The Morgan fingerprint density at radius 3 is 2.38 bits per heavy atom. The number of likely N-dealkylation sites (tertiary alicyclic amines) is 1. The van der Waals surface area contributed by atoms with Gasteiger partial charge in [-0.2, -0.15) is 13.2 Å². The number of pyridine rings is 1. The van der Waals surface area contributed by atoms with Crippen molar-refractivity contribution in [3.63, 3.8) is 0 Å². The van der Waals surface area contributed by atoms with Gasteiger partial charge in [-0.3, -0.25) is 29.9 Å². The summed E-state index contributed by atoms with van der Waals surface area (Å²) >= 11 is 0. The summed E-state index contributed by atoms with van der Waals surface area (Å²) in [6, 6.07) is 15.9. The quantitative estimate of drug-likeness (QED) is 0.249. The predicted molar refractivity (Wildman–Crippen MR) is 146 cm³/mol. The first-order valence-corrected chi connectivity index (χ1v) is 12.9. The van der Waals surface area contributed by atoms with Gasteiger partial charge in [0.15, 0.2) is 0 Å². The number of amides is 2. The summed E-state index contributed by atoms with van der Waals surface area (Å²) in [6.07, 6.45) is -1.64. The highest BCUT2D eigenvalue weighted by Gasteiger charge is 2.38. The molecule has 1 aliphatic heterocycles. The van der Waals surface area contributed by atoms with E-state index in [4.69, 9.17) is 20.7 Å². The molecule has 3 aromatic rings. The van der Waals surface area contributed by atoms with Gasteiger partial charge < -0.3 is 15.9 Å². The molecule has 42 heavy (non-hydrogen) atoms. The summed E-state index contributed by atoms with van der Waals surface area (Å²) in [5, 5.41) is 23.3. The minimum atomic E-state index is -5.08. The normalized spacial score (nSPS) is 15.8. The van der Waals surface area contributed by atoms with E-state index in [9.17, 15) is 27.6 Å². The number of anilines is 1. The van der Waals surface area contributed by atoms with Crippen molar-refractivity contribution in [3.05, 3.63) is 71.9 Å². The monoisotopic (exact) mass is 589 g/mol. The SMILES string of the molecule is Nc1nccc2cc(CN3CCC[C@H]3C(=O)NC(=O)[C@@H](Cc3ccccc3)NCC(=O)O)ccc12.O=C(O)C(F)(F)F. The third-order valence-corrected chi connectivity index (χ3v) is 6.50. The van der Waals surface area contributed by atoms with Gasteiger partial charge in [0.25, 0.3) is 0 Å². The lowest BCUT2D eigenvalue weighted by Gasteiger charge is -2.25. The number of imide groups is 1. The van der Waals surface area contributed by atoms with Crippen LogP contribution in [0.5, 0.6) is 0 Å². The highest BCUT2D eigenvalue weighted by Crippen LogP contribution is 2.24. The third-order valence-electron chi connectivity index (χ3n) is 6.50. The maximum atomic E-state index is 13.1. The summed E-state index contributed by atoms with van der Waals surface area (Å²) in [4.78, 5) is 52.1. The third kappa shape index (κ3) is 9.24. The van der Waals surface area contributed by atoms with Crippen LogP contribution in [0.15, 0.2) is 60.8 Å². The number of nitrogens with one attached hydrogen (secondary N) is 2. The molecule has 11 nitrogen and oxygen atoms in total. The molecule has 0 aliphatic carbocycles. The molecule has 0 spiro atoms. The molecule has 2 amide bonds. The second kappa shape index (κ2) is 14.4. The minimum absolute atomic E-state index is 0.274. The number of carbonyl (C=O) groups is 4. The van der Waals surface area contributed by atoms with E-state index in [0.717, 1.165) is 34.9 Å². The number of halogens is 3. The number of hydrogen-bond donors (Lipinski definition) is 5. The summed E-state index contributed by atoms with van der Waals surface area (Å²) in [7, 11) is 0. The van der Waals surface area contributed by atoms with Crippen molar-refractivity contribution in [3.8, 4) is 0 Å². The Bertz CT molecular complexity index is 1420. The number of alkyl halides is 3.